The first kappa shape index (κ1) is 22.0. The third-order valence-corrected chi connectivity index (χ3v) is 6.76. The van der Waals surface area contributed by atoms with Gasteiger partial charge in [-0.2, -0.15) is 0 Å². The molecule has 1 aromatic carbocycles. The number of hydrogen-bond donors (Lipinski definition) is 2. The molecular weight excluding hydrogens is 450 g/mol. The SMILES string of the molecule is C[C@@H](NC(=O)c1ccc(Br)s1)C(=O)N[C@@H](Cc1ccccc1)CN1CCCCC1. The molecule has 2 N–H and O–H groups in total. The maximum Gasteiger partial charge on any atom is 0.262 e. The minimum Gasteiger partial charge on any atom is -0.350 e. The van der Waals surface area contributed by atoms with Gasteiger partial charge in [-0.3, -0.25) is 9.59 Å². The van der Waals surface area contributed by atoms with Gasteiger partial charge in [-0.25, -0.2) is 0 Å². The highest BCUT2D eigenvalue weighted by atomic mass is 79.9. The minimum absolute atomic E-state index is 0.0123. The number of thiophene rings is 1. The molecule has 1 aliphatic heterocycles. The Kier molecular flexibility index (Phi) is 8.27. The maximum atomic E-state index is 12.8. The van der Waals surface area contributed by atoms with Gasteiger partial charge in [0.1, 0.15) is 6.04 Å². The molecule has 0 bridgehead atoms. The Morgan fingerprint density at radius 3 is 2.45 bits per heavy atom. The van der Waals surface area contributed by atoms with Gasteiger partial charge in [0.05, 0.1) is 8.66 Å². The fourth-order valence-electron chi connectivity index (χ4n) is 3.61. The summed E-state index contributed by atoms with van der Waals surface area (Å²) in [5, 5.41) is 5.98. The lowest BCUT2D eigenvalue weighted by molar-refractivity contribution is -0.123. The Balaban J connectivity index is 1.60. The fraction of sp³-hybridized carbons (Fsp3) is 0.455. The van der Waals surface area contributed by atoms with Gasteiger partial charge in [0.25, 0.3) is 5.91 Å². The lowest BCUT2D eigenvalue weighted by Gasteiger charge is -2.31. The van der Waals surface area contributed by atoms with Crippen molar-refractivity contribution in [2.45, 2.75) is 44.7 Å². The molecule has 0 aliphatic carbocycles. The number of benzene rings is 1. The molecular formula is C22H28BrN3O2S. The molecule has 29 heavy (non-hydrogen) atoms. The third-order valence-electron chi connectivity index (χ3n) is 5.14. The second-order valence-corrected chi connectivity index (χ2v) is 10.0. The normalized spacial score (nSPS) is 16.8. The quantitative estimate of drug-likeness (QED) is 0.606. The molecule has 5 nitrogen and oxygen atoms in total. The van der Waals surface area contributed by atoms with Gasteiger partial charge in [0.2, 0.25) is 5.91 Å². The molecule has 1 saturated heterocycles. The predicted octanol–water partition coefficient (Wildman–Crippen LogP) is 3.84. The zero-order valence-electron chi connectivity index (χ0n) is 16.7. The molecule has 0 unspecified atom stereocenters. The van der Waals surface area contributed by atoms with Crippen LogP contribution in [0.5, 0.6) is 0 Å². The molecule has 2 atom stereocenters. The van der Waals surface area contributed by atoms with E-state index in [2.05, 4.69) is 43.6 Å². The van der Waals surface area contributed by atoms with Gasteiger partial charge in [-0.1, -0.05) is 36.8 Å². The Morgan fingerprint density at radius 1 is 1.07 bits per heavy atom. The lowest BCUT2D eigenvalue weighted by Crippen LogP contribution is -2.52. The molecule has 2 heterocycles. The van der Waals surface area contributed by atoms with E-state index < -0.39 is 6.04 Å². The second-order valence-electron chi connectivity index (χ2n) is 7.56. The molecule has 3 rings (SSSR count). The number of piperidine rings is 1. The summed E-state index contributed by atoms with van der Waals surface area (Å²) in [6, 6.07) is 13.2. The Morgan fingerprint density at radius 2 is 1.79 bits per heavy atom. The van der Waals surface area contributed by atoms with E-state index in [9.17, 15) is 9.59 Å². The van der Waals surface area contributed by atoms with Crippen molar-refractivity contribution in [2.75, 3.05) is 19.6 Å². The van der Waals surface area contributed by atoms with Gasteiger partial charge in [-0.05, 0) is 72.9 Å². The van der Waals surface area contributed by atoms with E-state index in [1.165, 1.54) is 36.2 Å². The molecule has 1 fully saturated rings. The van der Waals surface area contributed by atoms with Crippen molar-refractivity contribution in [2.24, 2.45) is 0 Å². The molecule has 2 amide bonds. The van der Waals surface area contributed by atoms with Crippen LogP contribution < -0.4 is 10.6 Å². The smallest absolute Gasteiger partial charge is 0.262 e. The van der Waals surface area contributed by atoms with E-state index in [0.29, 0.717) is 4.88 Å². The zero-order chi connectivity index (χ0) is 20.6. The highest BCUT2D eigenvalue weighted by Crippen LogP contribution is 2.22. The van der Waals surface area contributed by atoms with E-state index in [0.717, 1.165) is 29.8 Å². The van der Waals surface area contributed by atoms with E-state index in [-0.39, 0.29) is 17.9 Å². The number of hydrogen-bond acceptors (Lipinski definition) is 4. The first-order chi connectivity index (χ1) is 14.0. The maximum absolute atomic E-state index is 12.8. The predicted molar refractivity (Wildman–Crippen MR) is 121 cm³/mol. The van der Waals surface area contributed by atoms with Crippen LogP contribution in [0.2, 0.25) is 0 Å². The number of nitrogens with one attached hydrogen (secondary N) is 2. The minimum atomic E-state index is -0.594. The molecule has 2 aromatic rings. The van der Waals surface area contributed by atoms with Crippen molar-refractivity contribution in [1.29, 1.82) is 0 Å². The molecule has 7 heteroatoms. The average molecular weight is 478 g/mol. The van der Waals surface area contributed by atoms with Crippen molar-refractivity contribution in [3.63, 3.8) is 0 Å². The summed E-state index contributed by atoms with van der Waals surface area (Å²) in [6.45, 7) is 4.73. The zero-order valence-corrected chi connectivity index (χ0v) is 19.1. The molecule has 0 radical (unpaired) electrons. The van der Waals surface area contributed by atoms with E-state index in [1.807, 2.05) is 24.3 Å². The topological polar surface area (TPSA) is 61.4 Å². The van der Waals surface area contributed by atoms with Crippen molar-refractivity contribution in [3.05, 3.63) is 56.7 Å². The summed E-state index contributed by atoms with van der Waals surface area (Å²) in [5.74, 6) is -0.370. The summed E-state index contributed by atoms with van der Waals surface area (Å²) in [6.07, 6.45) is 4.50. The first-order valence-electron chi connectivity index (χ1n) is 10.1. The largest absolute Gasteiger partial charge is 0.350 e. The lowest BCUT2D eigenvalue weighted by atomic mass is 10.0. The van der Waals surface area contributed by atoms with Crippen LogP contribution in [0, 0.1) is 0 Å². The Hall–Kier alpha value is -1.70. The Bertz CT molecular complexity index is 805. The van der Waals surface area contributed by atoms with Gasteiger partial charge < -0.3 is 15.5 Å². The monoisotopic (exact) mass is 477 g/mol. The number of carbonyl (C=O) groups is 2. The molecule has 1 aliphatic rings. The van der Waals surface area contributed by atoms with Crippen molar-refractivity contribution < 1.29 is 9.59 Å². The number of amides is 2. The van der Waals surface area contributed by atoms with Crippen molar-refractivity contribution in [3.8, 4) is 0 Å². The van der Waals surface area contributed by atoms with Crippen LogP contribution in [0.4, 0.5) is 0 Å². The Labute approximate surface area is 185 Å². The fourth-order valence-corrected chi connectivity index (χ4v) is 4.90. The number of likely N-dealkylation sites (tertiary alicyclic amines) is 1. The molecule has 1 aromatic heterocycles. The molecule has 156 valence electrons. The summed E-state index contributed by atoms with van der Waals surface area (Å²) < 4.78 is 0.893. The highest BCUT2D eigenvalue weighted by molar-refractivity contribution is 9.11. The molecule has 0 saturated carbocycles. The van der Waals surface area contributed by atoms with Crippen LogP contribution in [0.25, 0.3) is 0 Å². The summed E-state index contributed by atoms with van der Waals surface area (Å²) >= 11 is 4.72. The van der Waals surface area contributed by atoms with Gasteiger partial charge in [-0.15, -0.1) is 11.3 Å². The van der Waals surface area contributed by atoms with E-state index in [4.69, 9.17) is 0 Å². The van der Waals surface area contributed by atoms with Crippen LogP contribution in [-0.2, 0) is 11.2 Å². The second kappa shape index (κ2) is 10.9. The van der Waals surface area contributed by atoms with Crippen LogP contribution in [0.1, 0.15) is 41.4 Å². The number of halogens is 1. The van der Waals surface area contributed by atoms with Crippen LogP contribution in [0.15, 0.2) is 46.3 Å². The van der Waals surface area contributed by atoms with Gasteiger partial charge >= 0.3 is 0 Å². The standard InChI is InChI=1S/C22H28BrN3O2S/c1-16(24-22(28)19-10-11-20(23)29-19)21(27)25-18(14-17-8-4-2-5-9-17)15-26-12-6-3-7-13-26/h2,4-5,8-11,16,18H,3,6-7,12-15H2,1H3,(H,24,28)(H,25,27)/t16-,18+/m1/s1. The van der Waals surface area contributed by atoms with Crippen LogP contribution >= 0.6 is 27.3 Å². The van der Waals surface area contributed by atoms with E-state index in [1.54, 1.807) is 13.0 Å². The highest BCUT2D eigenvalue weighted by Gasteiger charge is 2.23. The average Bonchev–Trinajstić information content (AvgIpc) is 3.16. The number of rotatable bonds is 8. The summed E-state index contributed by atoms with van der Waals surface area (Å²) in [5.41, 5.74) is 1.20. The third kappa shape index (κ3) is 6.94. The van der Waals surface area contributed by atoms with Gasteiger partial charge in [0, 0.05) is 12.6 Å². The summed E-state index contributed by atoms with van der Waals surface area (Å²) in [4.78, 5) is 28.2. The van der Waals surface area contributed by atoms with Crippen LogP contribution in [0.3, 0.4) is 0 Å². The van der Waals surface area contributed by atoms with Crippen molar-refractivity contribution in [1.82, 2.24) is 15.5 Å². The number of nitrogens with zero attached hydrogens (tertiary/aromatic N) is 1. The van der Waals surface area contributed by atoms with Crippen molar-refractivity contribution >= 4 is 39.1 Å². The molecule has 0 spiro atoms. The van der Waals surface area contributed by atoms with Crippen LogP contribution in [-0.4, -0.2) is 48.4 Å². The number of carbonyl (C=O) groups excluding carboxylic acids is 2. The summed E-state index contributed by atoms with van der Waals surface area (Å²) in [7, 11) is 0. The van der Waals surface area contributed by atoms with E-state index >= 15 is 0 Å². The first-order valence-corrected chi connectivity index (χ1v) is 11.7. The van der Waals surface area contributed by atoms with Gasteiger partial charge in [0.15, 0.2) is 0 Å².